The summed E-state index contributed by atoms with van der Waals surface area (Å²) in [7, 11) is 1.48. The van der Waals surface area contributed by atoms with Gasteiger partial charge in [0, 0.05) is 18.7 Å². The number of aldehydes is 1. The van der Waals surface area contributed by atoms with Gasteiger partial charge in [-0.2, -0.15) is 0 Å². The van der Waals surface area contributed by atoms with Crippen LogP contribution in [0.1, 0.15) is 16.8 Å². The van der Waals surface area contributed by atoms with E-state index in [9.17, 15) is 9.59 Å². The summed E-state index contributed by atoms with van der Waals surface area (Å²) in [5.41, 5.74) is 6.44. The van der Waals surface area contributed by atoms with Crippen LogP contribution in [0.4, 0.5) is 5.69 Å². The molecular weight excluding hydrogens is 208 g/mol. The summed E-state index contributed by atoms with van der Waals surface area (Å²) >= 11 is 0. The van der Waals surface area contributed by atoms with E-state index in [0.29, 0.717) is 23.5 Å². The van der Waals surface area contributed by atoms with E-state index in [1.165, 1.54) is 13.2 Å². The second kappa shape index (κ2) is 5.75. The fraction of sp³-hybridized carbons (Fsp3) is 0.273. The predicted octanol–water partition coefficient (Wildman–Crippen LogP) is 0.596. The lowest BCUT2D eigenvalue weighted by Crippen LogP contribution is -2.25. The number of carbonyl (C=O) groups excluding carboxylic acids is 2. The first-order valence-corrected chi connectivity index (χ1v) is 4.84. The molecule has 0 heterocycles. The molecule has 86 valence electrons. The smallest absolute Gasteiger partial charge is 0.255 e. The fourth-order valence-electron chi connectivity index (χ4n) is 1.24. The Morgan fingerprint density at radius 2 is 2.31 bits per heavy atom. The zero-order chi connectivity index (χ0) is 12.0. The van der Waals surface area contributed by atoms with Crippen LogP contribution in [-0.4, -0.2) is 25.8 Å². The average molecular weight is 222 g/mol. The summed E-state index contributed by atoms with van der Waals surface area (Å²) < 4.78 is 5.04. The number of ether oxygens (including phenoxy) is 1. The lowest BCUT2D eigenvalue weighted by atomic mass is 10.1. The third kappa shape index (κ3) is 2.98. The van der Waals surface area contributed by atoms with Crippen LogP contribution >= 0.6 is 0 Å². The summed E-state index contributed by atoms with van der Waals surface area (Å²) in [4.78, 5) is 21.8. The zero-order valence-electron chi connectivity index (χ0n) is 9.03. The number of methoxy groups -OCH3 is 1. The van der Waals surface area contributed by atoms with Gasteiger partial charge in [-0.25, -0.2) is 0 Å². The van der Waals surface area contributed by atoms with E-state index < -0.39 is 0 Å². The molecule has 0 spiro atoms. The number of carbonyl (C=O) groups is 2. The molecule has 1 aromatic rings. The van der Waals surface area contributed by atoms with Gasteiger partial charge in [-0.15, -0.1) is 0 Å². The summed E-state index contributed by atoms with van der Waals surface area (Å²) in [6.07, 6.45) is 1.03. The third-order valence-corrected chi connectivity index (χ3v) is 2.02. The van der Waals surface area contributed by atoms with Crippen molar-refractivity contribution in [3.63, 3.8) is 0 Å². The van der Waals surface area contributed by atoms with Gasteiger partial charge in [-0.05, 0) is 18.2 Å². The predicted molar refractivity (Wildman–Crippen MR) is 60.4 cm³/mol. The van der Waals surface area contributed by atoms with Crippen molar-refractivity contribution in [3.8, 4) is 5.75 Å². The number of nitrogens with one attached hydrogen (secondary N) is 1. The Hall–Kier alpha value is -2.04. The lowest BCUT2D eigenvalue weighted by Gasteiger charge is -2.09. The molecule has 0 fully saturated rings. The van der Waals surface area contributed by atoms with Crippen molar-refractivity contribution < 1.29 is 14.3 Å². The molecule has 0 unspecified atom stereocenters. The maximum atomic E-state index is 11.7. The highest BCUT2D eigenvalue weighted by Gasteiger charge is 2.11. The molecular formula is C11H14N2O3. The molecule has 0 aliphatic rings. The van der Waals surface area contributed by atoms with Gasteiger partial charge in [0.2, 0.25) is 0 Å². The van der Waals surface area contributed by atoms with Crippen molar-refractivity contribution in [1.29, 1.82) is 0 Å². The quantitative estimate of drug-likeness (QED) is 0.434. The van der Waals surface area contributed by atoms with Crippen LogP contribution in [0, 0.1) is 0 Å². The number of rotatable bonds is 5. The van der Waals surface area contributed by atoms with Crippen LogP contribution in [0.3, 0.4) is 0 Å². The molecule has 0 saturated heterocycles. The molecule has 0 bridgehead atoms. The molecule has 0 aromatic heterocycles. The molecule has 0 aliphatic carbocycles. The highest BCUT2D eigenvalue weighted by molar-refractivity contribution is 5.97. The Labute approximate surface area is 93.6 Å². The van der Waals surface area contributed by atoms with E-state index in [2.05, 4.69) is 5.32 Å². The molecule has 1 rings (SSSR count). The van der Waals surface area contributed by atoms with E-state index in [0.717, 1.165) is 6.29 Å². The van der Waals surface area contributed by atoms with Crippen LogP contribution in [0.15, 0.2) is 18.2 Å². The van der Waals surface area contributed by atoms with Gasteiger partial charge >= 0.3 is 0 Å². The van der Waals surface area contributed by atoms with Gasteiger partial charge in [0.1, 0.15) is 12.0 Å². The second-order valence-electron chi connectivity index (χ2n) is 3.17. The number of anilines is 1. The summed E-state index contributed by atoms with van der Waals surface area (Å²) in [5, 5.41) is 2.60. The normalized spacial score (nSPS) is 9.56. The standard InChI is InChI=1S/C11H14N2O3/c1-16-10-4-3-8(12)7-9(10)11(15)13-5-2-6-14/h3-4,6-7H,2,5,12H2,1H3,(H,13,15). The van der Waals surface area contributed by atoms with Gasteiger partial charge in [0.15, 0.2) is 0 Å². The maximum absolute atomic E-state index is 11.7. The van der Waals surface area contributed by atoms with E-state index >= 15 is 0 Å². The number of hydrogen-bond donors (Lipinski definition) is 2. The lowest BCUT2D eigenvalue weighted by molar-refractivity contribution is -0.107. The van der Waals surface area contributed by atoms with Crippen molar-refractivity contribution >= 4 is 17.9 Å². The Morgan fingerprint density at radius 3 is 2.94 bits per heavy atom. The van der Waals surface area contributed by atoms with E-state index in [1.807, 2.05) is 0 Å². The number of amides is 1. The molecule has 0 radical (unpaired) electrons. The van der Waals surface area contributed by atoms with Crippen LogP contribution < -0.4 is 15.8 Å². The Kier molecular flexibility index (Phi) is 4.32. The Bertz CT molecular complexity index is 391. The average Bonchev–Trinajstić information content (AvgIpc) is 2.29. The second-order valence-corrected chi connectivity index (χ2v) is 3.17. The van der Waals surface area contributed by atoms with Crippen molar-refractivity contribution in [2.45, 2.75) is 6.42 Å². The van der Waals surface area contributed by atoms with Crippen LogP contribution in [0.5, 0.6) is 5.75 Å². The molecule has 0 saturated carbocycles. The molecule has 5 heteroatoms. The van der Waals surface area contributed by atoms with Gasteiger partial charge in [0.25, 0.3) is 5.91 Å². The van der Waals surface area contributed by atoms with Crippen molar-refractivity contribution in [1.82, 2.24) is 5.32 Å². The summed E-state index contributed by atoms with van der Waals surface area (Å²) in [6.45, 7) is 0.306. The molecule has 1 amide bonds. The van der Waals surface area contributed by atoms with Crippen LogP contribution in [0.2, 0.25) is 0 Å². The minimum atomic E-state index is -0.300. The summed E-state index contributed by atoms with van der Waals surface area (Å²) in [6, 6.07) is 4.82. The van der Waals surface area contributed by atoms with Gasteiger partial charge in [-0.1, -0.05) is 0 Å². The molecule has 1 aromatic carbocycles. The van der Waals surface area contributed by atoms with Gasteiger partial charge < -0.3 is 20.6 Å². The molecule has 5 nitrogen and oxygen atoms in total. The van der Waals surface area contributed by atoms with E-state index in [4.69, 9.17) is 10.5 Å². The van der Waals surface area contributed by atoms with Gasteiger partial charge in [-0.3, -0.25) is 4.79 Å². The first kappa shape index (κ1) is 12.0. The number of nitrogen functional groups attached to an aromatic ring is 1. The third-order valence-electron chi connectivity index (χ3n) is 2.02. The first-order valence-electron chi connectivity index (χ1n) is 4.84. The molecule has 3 N–H and O–H groups in total. The van der Waals surface area contributed by atoms with Gasteiger partial charge in [0.05, 0.1) is 12.7 Å². The van der Waals surface area contributed by atoms with Crippen LogP contribution in [-0.2, 0) is 4.79 Å². The minimum Gasteiger partial charge on any atom is -0.496 e. The van der Waals surface area contributed by atoms with Crippen molar-refractivity contribution in [2.75, 3.05) is 19.4 Å². The maximum Gasteiger partial charge on any atom is 0.255 e. The first-order chi connectivity index (χ1) is 7.69. The fourth-order valence-corrected chi connectivity index (χ4v) is 1.24. The number of benzene rings is 1. The minimum absolute atomic E-state index is 0.288. The van der Waals surface area contributed by atoms with Crippen molar-refractivity contribution in [3.05, 3.63) is 23.8 Å². The zero-order valence-corrected chi connectivity index (χ0v) is 9.03. The number of hydrogen-bond acceptors (Lipinski definition) is 4. The van der Waals surface area contributed by atoms with E-state index in [-0.39, 0.29) is 12.3 Å². The largest absolute Gasteiger partial charge is 0.496 e. The summed E-state index contributed by atoms with van der Waals surface area (Å²) in [5.74, 6) is 0.156. The topological polar surface area (TPSA) is 81.4 Å². The Morgan fingerprint density at radius 1 is 1.56 bits per heavy atom. The highest BCUT2D eigenvalue weighted by atomic mass is 16.5. The number of nitrogens with two attached hydrogens (primary N) is 1. The molecule has 16 heavy (non-hydrogen) atoms. The van der Waals surface area contributed by atoms with E-state index in [1.54, 1.807) is 12.1 Å². The molecule has 0 aliphatic heterocycles. The van der Waals surface area contributed by atoms with Crippen LogP contribution in [0.25, 0.3) is 0 Å². The van der Waals surface area contributed by atoms with Crippen molar-refractivity contribution in [2.24, 2.45) is 0 Å². The molecule has 0 atom stereocenters. The highest BCUT2D eigenvalue weighted by Crippen LogP contribution is 2.20. The monoisotopic (exact) mass is 222 g/mol. The SMILES string of the molecule is COc1ccc(N)cc1C(=O)NCCC=O. The Balaban J connectivity index is 2.80.